The number of halogens is 1. The number of carbonyl (C=O) groups excluding carboxylic acids is 1. The third kappa shape index (κ3) is 2.82. The van der Waals surface area contributed by atoms with Crippen LogP contribution in [0.5, 0.6) is 0 Å². The molecule has 0 unspecified atom stereocenters. The second kappa shape index (κ2) is 5.10. The van der Waals surface area contributed by atoms with Crippen molar-refractivity contribution in [3.63, 3.8) is 0 Å². The number of aryl methyl sites for hydroxylation is 1. The van der Waals surface area contributed by atoms with E-state index in [0.717, 1.165) is 25.2 Å². The molecule has 17 heavy (non-hydrogen) atoms. The highest BCUT2D eigenvalue weighted by Gasteiger charge is 2.23. The fourth-order valence-electron chi connectivity index (χ4n) is 2.13. The van der Waals surface area contributed by atoms with Crippen LogP contribution in [0, 0.1) is 12.8 Å². The topological polar surface area (TPSA) is 56.9 Å². The third-order valence-electron chi connectivity index (χ3n) is 3.30. The van der Waals surface area contributed by atoms with E-state index >= 15 is 0 Å². The Kier molecular flexibility index (Phi) is 3.74. The Hall–Kier alpha value is -1.00. The van der Waals surface area contributed by atoms with Crippen molar-refractivity contribution in [3.8, 4) is 0 Å². The monoisotopic (exact) mass is 255 g/mol. The number of aromatic nitrogens is 1. The third-order valence-corrected chi connectivity index (χ3v) is 3.69. The van der Waals surface area contributed by atoms with Gasteiger partial charge in [0.05, 0.1) is 5.02 Å². The molecular formula is C12H18ClN3O. The molecule has 2 heterocycles. The summed E-state index contributed by atoms with van der Waals surface area (Å²) < 4.78 is 0. The first-order valence-electron chi connectivity index (χ1n) is 5.94. The first-order valence-corrected chi connectivity index (χ1v) is 6.32. The molecule has 2 atom stereocenters. The molecular weight excluding hydrogens is 238 g/mol. The van der Waals surface area contributed by atoms with Gasteiger partial charge in [0, 0.05) is 11.7 Å². The second-order valence-corrected chi connectivity index (χ2v) is 5.11. The number of hydrogen-bond donors (Lipinski definition) is 3. The van der Waals surface area contributed by atoms with E-state index in [9.17, 15) is 4.79 Å². The van der Waals surface area contributed by atoms with Crippen molar-refractivity contribution in [3.05, 3.63) is 22.5 Å². The van der Waals surface area contributed by atoms with Gasteiger partial charge in [-0.05, 0) is 38.4 Å². The van der Waals surface area contributed by atoms with Crippen molar-refractivity contribution in [1.82, 2.24) is 15.6 Å². The lowest BCUT2D eigenvalue weighted by atomic mass is 9.95. The van der Waals surface area contributed by atoms with Crippen LogP contribution in [0.4, 0.5) is 0 Å². The highest BCUT2D eigenvalue weighted by atomic mass is 35.5. The lowest BCUT2D eigenvalue weighted by Crippen LogP contribution is -2.48. The molecule has 1 amide bonds. The minimum absolute atomic E-state index is 0.0706. The first-order chi connectivity index (χ1) is 8.08. The summed E-state index contributed by atoms with van der Waals surface area (Å²) in [5, 5.41) is 6.97. The van der Waals surface area contributed by atoms with Gasteiger partial charge in [0.1, 0.15) is 5.69 Å². The van der Waals surface area contributed by atoms with Gasteiger partial charge in [-0.1, -0.05) is 18.5 Å². The van der Waals surface area contributed by atoms with Crippen molar-refractivity contribution in [2.45, 2.75) is 26.3 Å². The molecule has 1 saturated heterocycles. The minimum atomic E-state index is -0.0706. The average molecular weight is 256 g/mol. The molecule has 1 aromatic heterocycles. The van der Waals surface area contributed by atoms with E-state index in [1.807, 2.05) is 6.92 Å². The molecule has 0 bridgehead atoms. The lowest BCUT2D eigenvalue weighted by Gasteiger charge is -2.30. The summed E-state index contributed by atoms with van der Waals surface area (Å²) in [5.41, 5.74) is 1.37. The molecule has 1 fully saturated rings. The smallest absolute Gasteiger partial charge is 0.267 e. The van der Waals surface area contributed by atoms with Crippen molar-refractivity contribution >= 4 is 17.5 Å². The molecule has 1 aliphatic heterocycles. The van der Waals surface area contributed by atoms with Gasteiger partial charge in [0.25, 0.3) is 5.91 Å². The second-order valence-electron chi connectivity index (χ2n) is 4.71. The van der Waals surface area contributed by atoms with Crippen LogP contribution in [-0.4, -0.2) is 30.0 Å². The van der Waals surface area contributed by atoms with Crippen LogP contribution in [0.15, 0.2) is 6.07 Å². The highest BCUT2D eigenvalue weighted by molar-refractivity contribution is 6.31. The lowest BCUT2D eigenvalue weighted by molar-refractivity contribution is 0.0909. The quantitative estimate of drug-likeness (QED) is 0.754. The van der Waals surface area contributed by atoms with Gasteiger partial charge in [-0.2, -0.15) is 0 Å². The van der Waals surface area contributed by atoms with Gasteiger partial charge >= 0.3 is 0 Å². The van der Waals surface area contributed by atoms with Gasteiger partial charge < -0.3 is 15.6 Å². The standard InChI is InChI=1S/C12H18ClN3O/c1-7-6-14-4-3-10(7)16-12(17)11-5-9(13)8(2)15-11/h5,7,10,14-15H,3-4,6H2,1-2H3,(H,16,17)/t7-,10+/m0/s1. The zero-order valence-electron chi connectivity index (χ0n) is 10.1. The van der Waals surface area contributed by atoms with Gasteiger partial charge in [0.2, 0.25) is 0 Å². The van der Waals surface area contributed by atoms with E-state index in [1.165, 1.54) is 0 Å². The van der Waals surface area contributed by atoms with Gasteiger partial charge in [0.15, 0.2) is 0 Å². The Labute approximate surface area is 106 Å². The maximum Gasteiger partial charge on any atom is 0.267 e. The Balaban J connectivity index is 2.01. The summed E-state index contributed by atoms with van der Waals surface area (Å²) in [6.45, 7) is 5.91. The molecule has 0 saturated carbocycles. The van der Waals surface area contributed by atoms with E-state index in [2.05, 4.69) is 22.5 Å². The molecule has 5 heteroatoms. The normalized spacial score (nSPS) is 24.6. The predicted octanol–water partition coefficient (Wildman–Crippen LogP) is 1.70. The van der Waals surface area contributed by atoms with Crippen LogP contribution in [-0.2, 0) is 0 Å². The fraction of sp³-hybridized carbons (Fsp3) is 0.583. The molecule has 0 aromatic carbocycles. The predicted molar refractivity (Wildman–Crippen MR) is 68.4 cm³/mol. The number of nitrogens with one attached hydrogen (secondary N) is 3. The summed E-state index contributed by atoms with van der Waals surface area (Å²) in [5.74, 6) is 0.387. The molecule has 1 aliphatic rings. The number of rotatable bonds is 2. The molecule has 1 aromatic rings. The van der Waals surface area contributed by atoms with E-state index in [4.69, 9.17) is 11.6 Å². The SMILES string of the molecule is Cc1[nH]c(C(=O)N[C@@H]2CCNC[C@@H]2C)cc1Cl. The number of H-pyrrole nitrogens is 1. The number of hydrogen-bond acceptors (Lipinski definition) is 2. The molecule has 3 N–H and O–H groups in total. The number of carbonyl (C=O) groups is 1. The van der Waals surface area contributed by atoms with Gasteiger partial charge in [-0.15, -0.1) is 0 Å². The highest BCUT2D eigenvalue weighted by Crippen LogP contribution is 2.17. The first kappa shape index (κ1) is 12.5. The summed E-state index contributed by atoms with van der Waals surface area (Å²) in [4.78, 5) is 15.0. The molecule has 94 valence electrons. The molecule has 0 radical (unpaired) electrons. The van der Waals surface area contributed by atoms with E-state index in [1.54, 1.807) is 6.07 Å². The number of piperidine rings is 1. The maximum absolute atomic E-state index is 12.0. The Morgan fingerprint density at radius 1 is 1.59 bits per heavy atom. The summed E-state index contributed by atoms with van der Waals surface area (Å²) in [7, 11) is 0. The van der Waals surface area contributed by atoms with Crippen LogP contribution < -0.4 is 10.6 Å². The van der Waals surface area contributed by atoms with Gasteiger partial charge in [-0.25, -0.2) is 0 Å². The molecule has 0 spiro atoms. The Morgan fingerprint density at radius 3 is 2.94 bits per heavy atom. The van der Waals surface area contributed by atoms with Gasteiger partial charge in [-0.3, -0.25) is 4.79 Å². The number of amides is 1. The summed E-state index contributed by atoms with van der Waals surface area (Å²) in [6.07, 6.45) is 0.973. The largest absolute Gasteiger partial charge is 0.353 e. The maximum atomic E-state index is 12.0. The molecule has 4 nitrogen and oxygen atoms in total. The average Bonchev–Trinajstić information content (AvgIpc) is 2.63. The van der Waals surface area contributed by atoms with Crippen molar-refractivity contribution in [1.29, 1.82) is 0 Å². The molecule has 0 aliphatic carbocycles. The van der Waals surface area contributed by atoms with Crippen molar-refractivity contribution in [2.75, 3.05) is 13.1 Å². The van der Waals surface area contributed by atoms with Crippen molar-refractivity contribution in [2.24, 2.45) is 5.92 Å². The van der Waals surface area contributed by atoms with E-state index in [-0.39, 0.29) is 11.9 Å². The summed E-state index contributed by atoms with van der Waals surface area (Å²) >= 11 is 5.92. The zero-order valence-corrected chi connectivity index (χ0v) is 10.9. The minimum Gasteiger partial charge on any atom is -0.353 e. The van der Waals surface area contributed by atoms with Crippen molar-refractivity contribution < 1.29 is 4.79 Å². The van der Waals surface area contributed by atoms with E-state index < -0.39 is 0 Å². The zero-order chi connectivity index (χ0) is 12.4. The Bertz CT molecular complexity index is 396. The molecule has 2 rings (SSSR count). The van der Waals surface area contributed by atoms with Crippen LogP contribution >= 0.6 is 11.6 Å². The van der Waals surface area contributed by atoms with Crippen LogP contribution in [0.2, 0.25) is 5.02 Å². The van der Waals surface area contributed by atoms with Crippen LogP contribution in [0.25, 0.3) is 0 Å². The van der Waals surface area contributed by atoms with E-state index in [0.29, 0.717) is 16.6 Å². The summed E-state index contributed by atoms with van der Waals surface area (Å²) in [6, 6.07) is 1.92. The number of aromatic amines is 1. The van der Waals surface area contributed by atoms with Crippen LogP contribution in [0.3, 0.4) is 0 Å². The van der Waals surface area contributed by atoms with Crippen LogP contribution in [0.1, 0.15) is 29.5 Å². The Morgan fingerprint density at radius 2 is 2.35 bits per heavy atom. The fourth-order valence-corrected chi connectivity index (χ4v) is 2.29.